The maximum absolute atomic E-state index is 12.3. The molecule has 0 bridgehead atoms. The Hall–Kier alpha value is -1.07. The van der Waals surface area contributed by atoms with Gasteiger partial charge < -0.3 is 4.90 Å². The number of hydrogen-bond acceptors (Lipinski definition) is 3. The molecule has 1 aliphatic heterocycles. The molecule has 2 heterocycles. The van der Waals surface area contributed by atoms with Crippen molar-refractivity contribution in [3.8, 4) is 0 Å². The van der Waals surface area contributed by atoms with E-state index in [0.717, 1.165) is 25.8 Å². The van der Waals surface area contributed by atoms with E-state index in [1.807, 2.05) is 14.0 Å². The molecule has 5 nitrogen and oxygen atoms in total. The van der Waals surface area contributed by atoms with Gasteiger partial charge in [-0.1, -0.05) is 24.9 Å². The second kappa shape index (κ2) is 5.92. The maximum atomic E-state index is 12.3. The largest absolute Gasteiger partial charge is 0.329 e. The Labute approximate surface area is 117 Å². The highest BCUT2D eigenvalue weighted by Crippen LogP contribution is 2.16. The highest BCUT2D eigenvalue weighted by atomic mass is 35.5. The van der Waals surface area contributed by atoms with E-state index in [0.29, 0.717) is 18.5 Å². The Morgan fingerprint density at radius 2 is 2.16 bits per heavy atom. The third-order valence-corrected chi connectivity index (χ3v) is 4.12. The molecule has 2 rings (SSSR count). The predicted octanol–water partition coefficient (Wildman–Crippen LogP) is 1.24. The van der Waals surface area contributed by atoms with Gasteiger partial charge in [0.05, 0.1) is 5.56 Å². The summed E-state index contributed by atoms with van der Waals surface area (Å²) < 4.78 is 1.30. The number of halogens is 1. The maximum Gasteiger partial charge on any atom is 0.329 e. The number of likely N-dealkylation sites (tertiary alicyclic amines) is 1. The normalized spacial score (nSPS) is 20.1. The second-order valence-corrected chi connectivity index (χ2v) is 5.54. The molecule has 1 unspecified atom stereocenters. The van der Waals surface area contributed by atoms with E-state index < -0.39 is 5.69 Å². The van der Waals surface area contributed by atoms with Crippen LogP contribution in [-0.2, 0) is 13.0 Å². The summed E-state index contributed by atoms with van der Waals surface area (Å²) in [5, 5.41) is 0.188. The lowest BCUT2D eigenvalue weighted by Crippen LogP contribution is -2.42. The van der Waals surface area contributed by atoms with Crippen LogP contribution in [0.1, 0.15) is 31.7 Å². The molecule has 1 aromatic rings. The van der Waals surface area contributed by atoms with Crippen molar-refractivity contribution in [1.29, 1.82) is 0 Å². The first-order valence-corrected chi connectivity index (χ1v) is 7.14. The van der Waals surface area contributed by atoms with E-state index in [-0.39, 0.29) is 16.8 Å². The summed E-state index contributed by atoms with van der Waals surface area (Å²) in [6.45, 7) is 3.45. The van der Waals surface area contributed by atoms with Crippen molar-refractivity contribution < 1.29 is 0 Å². The van der Waals surface area contributed by atoms with Crippen molar-refractivity contribution in [2.24, 2.45) is 0 Å². The van der Waals surface area contributed by atoms with Gasteiger partial charge in [-0.3, -0.25) is 14.3 Å². The molecule has 19 heavy (non-hydrogen) atoms. The Bertz CT molecular complexity index is 564. The van der Waals surface area contributed by atoms with Crippen LogP contribution in [0.25, 0.3) is 0 Å². The molecule has 106 valence electrons. The van der Waals surface area contributed by atoms with Crippen molar-refractivity contribution in [3.63, 3.8) is 0 Å². The minimum Gasteiger partial charge on any atom is -0.302 e. The van der Waals surface area contributed by atoms with Gasteiger partial charge in [-0.05, 0) is 32.9 Å². The van der Waals surface area contributed by atoms with Crippen molar-refractivity contribution in [3.05, 3.63) is 31.6 Å². The van der Waals surface area contributed by atoms with Gasteiger partial charge in [0.1, 0.15) is 5.15 Å². The smallest absolute Gasteiger partial charge is 0.302 e. The highest BCUT2D eigenvalue weighted by Gasteiger charge is 2.23. The molecule has 0 spiro atoms. The molecule has 0 aromatic carbocycles. The topological polar surface area (TPSA) is 58.1 Å². The lowest BCUT2D eigenvalue weighted by Gasteiger charge is -2.20. The van der Waals surface area contributed by atoms with Gasteiger partial charge in [-0.2, -0.15) is 0 Å². The van der Waals surface area contributed by atoms with Crippen LogP contribution in [0.4, 0.5) is 0 Å². The molecule has 1 aliphatic rings. The average molecular weight is 286 g/mol. The summed E-state index contributed by atoms with van der Waals surface area (Å²) in [5.41, 5.74) is -0.129. The zero-order valence-corrected chi connectivity index (χ0v) is 12.2. The Morgan fingerprint density at radius 3 is 2.74 bits per heavy atom. The zero-order chi connectivity index (χ0) is 14.0. The first-order valence-electron chi connectivity index (χ1n) is 6.76. The third-order valence-electron chi connectivity index (χ3n) is 3.79. The fourth-order valence-electron chi connectivity index (χ4n) is 2.64. The van der Waals surface area contributed by atoms with Crippen molar-refractivity contribution in [2.45, 2.75) is 45.2 Å². The van der Waals surface area contributed by atoms with Crippen LogP contribution in [0, 0.1) is 0 Å². The number of H-pyrrole nitrogens is 1. The van der Waals surface area contributed by atoms with Crippen LogP contribution < -0.4 is 11.2 Å². The average Bonchev–Trinajstić information content (AvgIpc) is 2.76. The number of rotatable bonds is 4. The summed E-state index contributed by atoms with van der Waals surface area (Å²) in [7, 11) is 2.03. The quantitative estimate of drug-likeness (QED) is 0.847. The van der Waals surface area contributed by atoms with Gasteiger partial charge in [0.25, 0.3) is 5.56 Å². The fourth-order valence-corrected chi connectivity index (χ4v) is 2.90. The first-order chi connectivity index (χ1) is 9.04. The van der Waals surface area contributed by atoms with E-state index in [9.17, 15) is 9.59 Å². The van der Waals surface area contributed by atoms with E-state index in [1.54, 1.807) is 0 Å². The van der Waals surface area contributed by atoms with Crippen LogP contribution >= 0.6 is 11.6 Å². The molecule has 1 saturated heterocycles. The molecule has 1 N–H and O–H groups in total. The minimum atomic E-state index is -0.407. The van der Waals surface area contributed by atoms with Gasteiger partial charge in [-0.25, -0.2) is 4.79 Å². The second-order valence-electron chi connectivity index (χ2n) is 5.17. The number of likely N-dealkylation sites (N-methyl/N-ethyl adjacent to an activating group) is 1. The van der Waals surface area contributed by atoms with E-state index in [4.69, 9.17) is 11.6 Å². The molecule has 1 atom stereocenters. The number of aromatic amines is 1. The van der Waals surface area contributed by atoms with Gasteiger partial charge in [0, 0.05) is 12.6 Å². The number of aromatic nitrogens is 2. The molecule has 6 heteroatoms. The number of nitrogens with zero attached hydrogens (tertiary/aromatic N) is 2. The Kier molecular flexibility index (Phi) is 4.47. The highest BCUT2D eigenvalue weighted by molar-refractivity contribution is 6.30. The van der Waals surface area contributed by atoms with Crippen LogP contribution in [0.3, 0.4) is 0 Å². The van der Waals surface area contributed by atoms with Gasteiger partial charge in [-0.15, -0.1) is 0 Å². The SMILES string of the molecule is CCCc1c(Cl)[nH]c(=O)n(CC2CCCN2C)c1=O. The summed E-state index contributed by atoms with van der Waals surface area (Å²) in [4.78, 5) is 29.0. The van der Waals surface area contributed by atoms with Crippen molar-refractivity contribution in [1.82, 2.24) is 14.5 Å². The molecule has 1 fully saturated rings. The fraction of sp³-hybridized carbons (Fsp3) is 0.692. The molecule has 0 radical (unpaired) electrons. The third kappa shape index (κ3) is 2.92. The standard InChI is InChI=1S/C13H20ClN3O2/c1-3-5-10-11(14)15-13(19)17(12(10)18)8-9-6-4-7-16(9)2/h9H,3-8H2,1-2H3,(H,15,19). The summed E-state index contributed by atoms with van der Waals surface area (Å²) in [6.07, 6.45) is 3.55. The lowest BCUT2D eigenvalue weighted by molar-refractivity contribution is 0.276. The van der Waals surface area contributed by atoms with Gasteiger partial charge in [0.15, 0.2) is 0 Å². The van der Waals surface area contributed by atoms with Crippen molar-refractivity contribution in [2.75, 3.05) is 13.6 Å². The van der Waals surface area contributed by atoms with Crippen molar-refractivity contribution >= 4 is 11.6 Å². The molecule has 0 aliphatic carbocycles. The van der Waals surface area contributed by atoms with E-state index in [2.05, 4.69) is 9.88 Å². The van der Waals surface area contributed by atoms with Gasteiger partial charge in [0.2, 0.25) is 0 Å². The number of hydrogen-bond donors (Lipinski definition) is 1. The van der Waals surface area contributed by atoms with Crippen LogP contribution in [-0.4, -0.2) is 34.1 Å². The molecule has 0 amide bonds. The van der Waals surface area contributed by atoms with E-state index >= 15 is 0 Å². The number of nitrogens with one attached hydrogen (secondary N) is 1. The molecule has 0 saturated carbocycles. The summed E-state index contributed by atoms with van der Waals surface area (Å²) in [5.74, 6) is 0. The summed E-state index contributed by atoms with van der Waals surface area (Å²) >= 11 is 5.95. The molecular weight excluding hydrogens is 266 g/mol. The zero-order valence-electron chi connectivity index (χ0n) is 11.4. The van der Waals surface area contributed by atoms with Crippen LogP contribution in [0.15, 0.2) is 9.59 Å². The van der Waals surface area contributed by atoms with Crippen LogP contribution in [0.5, 0.6) is 0 Å². The predicted molar refractivity (Wildman–Crippen MR) is 76.0 cm³/mol. The molecule has 1 aromatic heterocycles. The molecular formula is C13H20ClN3O2. The van der Waals surface area contributed by atoms with Crippen LogP contribution in [0.2, 0.25) is 5.15 Å². The Morgan fingerprint density at radius 1 is 1.42 bits per heavy atom. The minimum absolute atomic E-state index is 0.188. The first kappa shape index (κ1) is 14.3. The van der Waals surface area contributed by atoms with Gasteiger partial charge >= 0.3 is 5.69 Å². The Balaban J connectivity index is 2.37. The lowest BCUT2D eigenvalue weighted by atomic mass is 10.2. The summed E-state index contributed by atoms with van der Waals surface area (Å²) in [6, 6.07) is 0.259. The monoisotopic (exact) mass is 285 g/mol. The van der Waals surface area contributed by atoms with E-state index in [1.165, 1.54) is 4.57 Å².